The van der Waals surface area contributed by atoms with Crippen LogP contribution >= 0.6 is 27.5 Å². The minimum atomic E-state index is 0.362. The summed E-state index contributed by atoms with van der Waals surface area (Å²) < 4.78 is 0.817. The summed E-state index contributed by atoms with van der Waals surface area (Å²) in [5, 5.41) is 22.4. The third kappa shape index (κ3) is 3.61. The second kappa shape index (κ2) is 9.57. The average molecular weight is 622 g/mol. The lowest BCUT2D eigenvalue weighted by Crippen LogP contribution is -2.17. The fourth-order valence-corrected chi connectivity index (χ4v) is 7.85. The minimum Gasteiger partial charge on any atom is -0.192 e. The van der Waals surface area contributed by atoms with E-state index in [1.807, 2.05) is 42.5 Å². The molecule has 0 radical (unpaired) electrons. The van der Waals surface area contributed by atoms with Crippen molar-refractivity contribution in [2.24, 2.45) is 5.92 Å². The zero-order valence-electron chi connectivity index (χ0n) is 22.5. The number of fused-ring (bicyclic) bond motifs is 6. The first-order chi connectivity index (χ1) is 20.6. The summed E-state index contributed by atoms with van der Waals surface area (Å²) in [6.07, 6.45) is 9.43. The van der Waals surface area contributed by atoms with Crippen LogP contribution in [0.2, 0.25) is 5.02 Å². The topological polar surface area (TPSA) is 47.6 Å². The Balaban J connectivity index is 1.61. The molecule has 198 valence electrons. The molecule has 0 bridgehead atoms. The fourth-order valence-electron chi connectivity index (χ4n) is 7.34. The Morgan fingerprint density at radius 1 is 0.738 bits per heavy atom. The Hall–Kier alpha value is -4.41. The molecule has 0 heterocycles. The number of rotatable bonds is 2. The van der Waals surface area contributed by atoms with Gasteiger partial charge in [0.05, 0.1) is 28.3 Å². The Morgan fingerprint density at radius 3 is 2.12 bits per heavy atom. The molecule has 0 N–H and O–H groups in total. The number of hydrogen-bond donors (Lipinski definition) is 0. The number of hydrogen-bond acceptors (Lipinski definition) is 2. The van der Waals surface area contributed by atoms with Crippen LogP contribution in [0.4, 0.5) is 0 Å². The SMILES string of the molecule is N#Cc1cccc(-c2c3c(c(-c4cccc(C#N)c4)c4cc(Cl)c(Br)cc24)-c2cccc4c2C3=CC2CCC=CC42)c1. The second-order valence-corrected chi connectivity index (χ2v) is 12.5. The molecule has 2 atom stereocenters. The quantitative estimate of drug-likeness (QED) is 0.181. The van der Waals surface area contributed by atoms with Crippen LogP contribution in [0, 0.1) is 28.6 Å². The van der Waals surface area contributed by atoms with E-state index in [1.54, 1.807) is 0 Å². The molecule has 0 saturated heterocycles. The largest absolute Gasteiger partial charge is 0.192 e. The monoisotopic (exact) mass is 620 g/mol. The van der Waals surface area contributed by atoms with E-state index in [1.165, 1.54) is 33.4 Å². The summed E-state index contributed by atoms with van der Waals surface area (Å²) in [6, 6.07) is 31.3. The van der Waals surface area contributed by atoms with E-state index in [-0.39, 0.29) is 0 Å². The van der Waals surface area contributed by atoms with Gasteiger partial charge in [-0.2, -0.15) is 10.5 Å². The van der Waals surface area contributed by atoms with Gasteiger partial charge >= 0.3 is 0 Å². The van der Waals surface area contributed by atoms with Gasteiger partial charge < -0.3 is 0 Å². The number of halogens is 2. The van der Waals surface area contributed by atoms with Gasteiger partial charge in [0, 0.05) is 10.4 Å². The molecule has 0 aliphatic heterocycles. The fraction of sp³-hybridized carbons (Fsp3) is 0.105. The molecule has 0 aromatic heterocycles. The van der Waals surface area contributed by atoms with Gasteiger partial charge in [-0.05, 0) is 138 Å². The van der Waals surface area contributed by atoms with E-state index in [0.717, 1.165) is 50.3 Å². The highest BCUT2D eigenvalue weighted by molar-refractivity contribution is 9.10. The van der Waals surface area contributed by atoms with Crippen molar-refractivity contribution in [1.29, 1.82) is 10.5 Å². The molecule has 0 fully saturated rings. The van der Waals surface area contributed by atoms with Crippen molar-refractivity contribution < 1.29 is 0 Å². The molecule has 3 aliphatic carbocycles. The molecule has 0 amide bonds. The van der Waals surface area contributed by atoms with Gasteiger partial charge in [0.2, 0.25) is 0 Å². The van der Waals surface area contributed by atoms with E-state index in [2.05, 4.69) is 82.7 Å². The van der Waals surface area contributed by atoms with E-state index >= 15 is 0 Å². The van der Waals surface area contributed by atoms with Gasteiger partial charge in [-0.25, -0.2) is 0 Å². The number of allylic oxidation sites excluding steroid dienone is 3. The Bertz CT molecular complexity index is 2160. The van der Waals surface area contributed by atoms with Crippen molar-refractivity contribution in [2.75, 3.05) is 0 Å². The number of benzene rings is 5. The summed E-state index contributed by atoms with van der Waals surface area (Å²) in [4.78, 5) is 0. The lowest BCUT2D eigenvalue weighted by atomic mass is 9.71. The van der Waals surface area contributed by atoms with Crippen LogP contribution in [-0.4, -0.2) is 0 Å². The lowest BCUT2D eigenvalue weighted by molar-refractivity contribution is 0.515. The molecule has 5 aromatic carbocycles. The van der Waals surface area contributed by atoms with Crippen molar-refractivity contribution >= 4 is 43.9 Å². The molecule has 2 nitrogen and oxygen atoms in total. The average Bonchev–Trinajstić information content (AvgIpc) is 3.35. The Morgan fingerprint density at radius 2 is 1.40 bits per heavy atom. The van der Waals surface area contributed by atoms with Gasteiger partial charge in [-0.3, -0.25) is 0 Å². The van der Waals surface area contributed by atoms with Crippen molar-refractivity contribution in [3.05, 3.63) is 134 Å². The maximum atomic E-state index is 9.83. The highest BCUT2D eigenvalue weighted by Gasteiger charge is 2.39. The van der Waals surface area contributed by atoms with E-state index in [4.69, 9.17) is 11.6 Å². The zero-order chi connectivity index (χ0) is 28.5. The highest BCUT2D eigenvalue weighted by Crippen LogP contribution is 2.60. The van der Waals surface area contributed by atoms with E-state index in [9.17, 15) is 10.5 Å². The lowest BCUT2D eigenvalue weighted by Gasteiger charge is -2.32. The normalized spacial score (nSPS) is 17.6. The molecule has 0 saturated carbocycles. The van der Waals surface area contributed by atoms with Crippen LogP contribution < -0.4 is 0 Å². The summed E-state index contributed by atoms with van der Waals surface area (Å²) >= 11 is 10.5. The van der Waals surface area contributed by atoms with Crippen LogP contribution in [0.25, 0.3) is 49.7 Å². The molecule has 8 rings (SSSR count). The van der Waals surface area contributed by atoms with Gasteiger partial charge in [-0.1, -0.05) is 72.3 Å². The second-order valence-electron chi connectivity index (χ2n) is 11.2. The minimum absolute atomic E-state index is 0.362. The van der Waals surface area contributed by atoms with Crippen molar-refractivity contribution in [3.63, 3.8) is 0 Å². The predicted octanol–water partition coefficient (Wildman–Crippen LogP) is 10.8. The molecule has 4 heteroatoms. The van der Waals surface area contributed by atoms with Gasteiger partial charge in [-0.15, -0.1) is 0 Å². The molecule has 42 heavy (non-hydrogen) atoms. The summed E-state index contributed by atoms with van der Waals surface area (Å²) in [7, 11) is 0. The first-order valence-corrected chi connectivity index (χ1v) is 15.3. The van der Waals surface area contributed by atoms with Crippen LogP contribution in [0.3, 0.4) is 0 Å². The first kappa shape index (κ1) is 25.3. The van der Waals surface area contributed by atoms with Gasteiger partial charge in [0.15, 0.2) is 0 Å². The molecule has 0 spiro atoms. The van der Waals surface area contributed by atoms with E-state index in [0.29, 0.717) is 28.0 Å². The summed E-state index contributed by atoms with van der Waals surface area (Å²) in [5.41, 5.74) is 12.9. The molecule has 3 aliphatic rings. The van der Waals surface area contributed by atoms with Crippen LogP contribution in [-0.2, 0) is 0 Å². The zero-order valence-corrected chi connectivity index (χ0v) is 24.8. The van der Waals surface area contributed by atoms with Crippen molar-refractivity contribution in [2.45, 2.75) is 18.8 Å². The maximum Gasteiger partial charge on any atom is 0.0991 e. The summed E-state index contributed by atoms with van der Waals surface area (Å²) in [6.45, 7) is 0. The molecule has 5 aromatic rings. The highest BCUT2D eigenvalue weighted by atomic mass is 79.9. The third-order valence-corrected chi connectivity index (χ3v) is 10.2. The molecule has 2 unspecified atom stereocenters. The Labute approximate surface area is 257 Å². The van der Waals surface area contributed by atoms with Crippen LogP contribution in [0.1, 0.15) is 46.6 Å². The first-order valence-electron chi connectivity index (χ1n) is 14.1. The number of nitrogens with zero attached hydrogens (tertiary/aromatic N) is 2. The predicted molar refractivity (Wildman–Crippen MR) is 174 cm³/mol. The number of nitriles is 2. The van der Waals surface area contributed by atoms with Crippen LogP contribution in [0.5, 0.6) is 0 Å². The van der Waals surface area contributed by atoms with Crippen molar-refractivity contribution in [3.8, 4) is 45.5 Å². The third-order valence-electron chi connectivity index (χ3n) is 9.03. The Kier molecular flexibility index (Phi) is 5.77. The maximum absolute atomic E-state index is 9.83. The van der Waals surface area contributed by atoms with Crippen LogP contribution in [0.15, 0.2) is 102 Å². The standard InChI is InChI=1S/C38H22BrClN2/c39-32-17-29-30(18-33(32)40)35(25-10-4-7-22(15-25)20-42)37-28-13-5-12-27-26-11-2-1-8-23(26)16-31(36(27)28)38(37)34(29)24-9-3-6-21(14-24)19-41/h2-7,9-18,23,26H,1,8H2. The molecular formula is C38H22BrClN2. The van der Waals surface area contributed by atoms with Gasteiger partial charge in [0.25, 0.3) is 0 Å². The smallest absolute Gasteiger partial charge is 0.0991 e. The van der Waals surface area contributed by atoms with Crippen molar-refractivity contribution in [1.82, 2.24) is 0 Å². The molecular weight excluding hydrogens is 600 g/mol. The summed E-state index contributed by atoms with van der Waals surface area (Å²) in [5.74, 6) is 0.788. The van der Waals surface area contributed by atoms with Gasteiger partial charge in [0.1, 0.15) is 0 Å². The van der Waals surface area contributed by atoms with E-state index < -0.39 is 0 Å².